The van der Waals surface area contributed by atoms with Crippen LogP contribution in [0, 0.1) is 0 Å². The van der Waals surface area contributed by atoms with Crippen LogP contribution in [0.25, 0.3) is 0 Å². The molecule has 0 fully saturated rings. The molecule has 1 aromatic carbocycles. The van der Waals surface area contributed by atoms with E-state index in [1.807, 2.05) is 30.1 Å². The fourth-order valence-electron chi connectivity index (χ4n) is 3.09. The fourth-order valence-corrected chi connectivity index (χ4v) is 7.50. The standard InChI is InChI=1S/C22H37O3P/c1-5-8-15-26(16-9-6-2,17-10-7-3)19-22(23)25-18-20-11-13-21(24-4)14-12-20/h11-14,19H,5-10,15-18H2,1-4H3. The number of methoxy groups -OCH3 is 1. The zero-order chi connectivity index (χ0) is 19.3. The Hall–Kier alpha value is -1.21. The number of carbonyl (C=O) groups excluding carboxylic acids is 1. The summed E-state index contributed by atoms with van der Waals surface area (Å²) < 4.78 is 10.8. The molecule has 0 unspecified atom stereocenters. The second-order valence-electron chi connectivity index (χ2n) is 7.03. The summed E-state index contributed by atoms with van der Waals surface area (Å²) in [6, 6.07) is 7.68. The number of hydrogen-bond donors (Lipinski definition) is 0. The molecule has 0 N–H and O–H groups in total. The van der Waals surface area contributed by atoms with Crippen molar-refractivity contribution in [3.05, 3.63) is 29.8 Å². The molecule has 0 aliphatic carbocycles. The van der Waals surface area contributed by atoms with Crippen LogP contribution < -0.4 is 4.74 Å². The normalized spacial score (nSPS) is 11.2. The summed E-state index contributed by atoms with van der Waals surface area (Å²) in [5.41, 5.74) is 0.993. The van der Waals surface area contributed by atoms with Crippen LogP contribution in [-0.4, -0.2) is 37.4 Å². The molecule has 1 aromatic rings. The van der Waals surface area contributed by atoms with Gasteiger partial charge in [-0.05, 0) is 55.4 Å². The number of carbonyl (C=O) groups is 1. The minimum atomic E-state index is -1.36. The molecule has 4 heteroatoms. The topological polar surface area (TPSA) is 35.5 Å². The van der Waals surface area contributed by atoms with Crippen molar-refractivity contribution in [2.45, 2.75) is 65.9 Å². The lowest BCUT2D eigenvalue weighted by molar-refractivity contribution is -0.136. The van der Waals surface area contributed by atoms with E-state index in [1.54, 1.807) is 7.11 Å². The van der Waals surface area contributed by atoms with Crippen molar-refractivity contribution in [3.63, 3.8) is 0 Å². The first-order valence-corrected chi connectivity index (χ1v) is 12.5. The fraction of sp³-hybridized carbons (Fsp3) is 0.636. The van der Waals surface area contributed by atoms with Gasteiger partial charge in [0.2, 0.25) is 0 Å². The van der Waals surface area contributed by atoms with E-state index in [4.69, 9.17) is 9.47 Å². The van der Waals surface area contributed by atoms with Crippen molar-refractivity contribution in [2.24, 2.45) is 0 Å². The van der Waals surface area contributed by atoms with Gasteiger partial charge in [0, 0.05) is 5.80 Å². The minimum absolute atomic E-state index is 0.127. The van der Waals surface area contributed by atoms with Gasteiger partial charge >= 0.3 is 5.97 Å². The average molecular weight is 381 g/mol. The molecule has 3 nitrogen and oxygen atoms in total. The molecule has 0 saturated carbocycles. The van der Waals surface area contributed by atoms with Crippen LogP contribution in [0.4, 0.5) is 0 Å². The van der Waals surface area contributed by atoms with E-state index in [-0.39, 0.29) is 5.97 Å². The predicted molar refractivity (Wildman–Crippen MR) is 115 cm³/mol. The van der Waals surface area contributed by atoms with E-state index in [2.05, 4.69) is 20.8 Å². The summed E-state index contributed by atoms with van der Waals surface area (Å²) in [5, 5.41) is 0. The van der Waals surface area contributed by atoms with E-state index in [0.29, 0.717) is 6.61 Å². The minimum Gasteiger partial charge on any atom is -0.497 e. The second-order valence-corrected chi connectivity index (χ2v) is 11.1. The Morgan fingerprint density at radius 2 is 1.42 bits per heavy atom. The molecular formula is C22H37O3P. The van der Waals surface area contributed by atoms with Gasteiger partial charge < -0.3 is 9.47 Å². The van der Waals surface area contributed by atoms with Gasteiger partial charge in [0.05, 0.1) is 7.11 Å². The first kappa shape index (κ1) is 22.8. The van der Waals surface area contributed by atoms with Gasteiger partial charge in [0.15, 0.2) is 0 Å². The number of benzene rings is 1. The van der Waals surface area contributed by atoms with Crippen molar-refractivity contribution in [3.8, 4) is 5.75 Å². The van der Waals surface area contributed by atoms with Crippen molar-refractivity contribution < 1.29 is 14.3 Å². The average Bonchev–Trinajstić information content (AvgIpc) is 2.67. The van der Waals surface area contributed by atoms with Gasteiger partial charge in [0.25, 0.3) is 0 Å². The van der Waals surface area contributed by atoms with Gasteiger partial charge in [-0.1, -0.05) is 59.1 Å². The summed E-state index contributed by atoms with van der Waals surface area (Å²) >= 11 is 0. The molecule has 148 valence electrons. The number of hydrogen-bond acceptors (Lipinski definition) is 3. The van der Waals surface area contributed by atoms with E-state index in [9.17, 15) is 4.79 Å². The Balaban J connectivity index is 2.82. The molecule has 0 aliphatic rings. The Kier molecular flexibility index (Phi) is 11.4. The monoisotopic (exact) mass is 380 g/mol. The SMILES string of the molecule is CCCCP(=CC(=O)OCc1ccc(OC)cc1)(CCCC)CCCC. The molecule has 0 aromatic heterocycles. The van der Waals surface area contributed by atoms with Crippen LogP contribution in [0.1, 0.15) is 64.9 Å². The molecule has 0 aliphatic heterocycles. The molecule has 26 heavy (non-hydrogen) atoms. The number of ether oxygens (including phenoxy) is 2. The number of esters is 1. The highest BCUT2D eigenvalue weighted by atomic mass is 31.2. The zero-order valence-corrected chi connectivity index (χ0v) is 18.0. The highest BCUT2D eigenvalue weighted by Gasteiger charge is 2.18. The number of unbranched alkanes of at least 4 members (excludes halogenated alkanes) is 3. The van der Waals surface area contributed by atoms with Gasteiger partial charge in [-0.2, -0.15) is 0 Å². The first-order chi connectivity index (χ1) is 12.6. The third-order valence-electron chi connectivity index (χ3n) is 4.79. The Morgan fingerprint density at radius 1 is 0.923 bits per heavy atom. The van der Waals surface area contributed by atoms with Crippen LogP contribution in [0.5, 0.6) is 5.75 Å². The molecule has 0 bridgehead atoms. The summed E-state index contributed by atoms with van der Waals surface area (Å²) in [7, 11) is 1.65. The summed E-state index contributed by atoms with van der Waals surface area (Å²) in [4.78, 5) is 12.6. The maximum Gasteiger partial charge on any atom is 0.331 e. The predicted octanol–water partition coefficient (Wildman–Crippen LogP) is 5.96. The quantitative estimate of drug-likeness (QED) is 0.313. The van der Waals surface area contributed by atoms with E-state index in [1.165, 1.54) is 57.0 Å². The molecule has 0 atom stereocenters. The third-order valence-corrected chi connectivity index (χ3v) is 9.17. The molecule has 0 amide bonds. The van der Waals surface area contributed by atoms with Gasteiger partial charge in [-0.15, -0.1) is 0 Å². The summed E-state index contributed by atoms with van der Waals surface area (Å²) in [6.07, 6.45) is 10.8. The Labute approximate surface area is 160 Å². The first-order valence-electron chi connectivity index (χ1n) is 10.1. The van der Waals surface area contributed by atoms with Gasteiger partial charge in [-0.25, -0.2) is 4.79 Å². The van der Waals surface area contributed by atoms with Crippen LogP contribution >= 0.6 is 6.89 Å². The largest absolute Gasteiger partial charge is 0.497 e. The van der Waals surface area contributed by atoms with Crippen molar-refractivity contribution in [1.82, 2.24) is 0 Å². The summed E-state index contributed by atoms with van der Waals surface area (Å²) in [6.45, 7) is 5.67. The lowest BCUT2D eigenvalue weighted by atomic mass is 10.2. The Morgan fingerprint density at radius 3 is 1.85 bits per heavy atom. The third kappa shape index (κ3) is 8.45. The molecule has 0 saturated heterocycles. The van der Waals surface area contributed by atoms with Crippen LogP contribution in [0.3, 0.4) is 0 Å². The number of rotatable bonds is 13. The van der Waals surface area contributed by atoms with Crippen LogP contribution in [0.15, 0.2) is 24.3 Å². The molecule has 1 rings (SSSR count). The van der Waals surface area contributed by atoms with E-state index in [0.717, 1.165) is 11.3 Å². The Bertz CT molecular complexity index is 535. The highest BCUT2D eigenvalue weighted by Crippen LogP contribution is 2.49. The smallest absolute Gasteiger partial charge is 0.331 e. The zero-order valence-electron chi connectivity index (χ0n) is 17.1. The molecular weight excluding hydrogens is 343 g/mol. The molecule has 0 spiro atoms. The van der Waals surface area contributed by atoms with Crippen LogP contribution in [-0.2, 0) is 16.1 Å². The lowest BCUT2D eigenvalue weighted by Crippen LogP contribution is -2.12. The maximum absolute atomic E-state index is 12.6. The van der Waals surface area contributed by atoms with E-state index >= 15 is 0 Å². The molecule has 0 radical (unpaired) electrons. The molecule has 0 heterocycles. The van der Waals surface area contributed by atoms with Crippen molar-refractivity contribution in [1.29, 1.82) is 0 Å². The highest BCUT2D eigenvalue weighted by molar-refractivity contribution is 7.76. The van der Waals surface area contributed by atoms with Crippen LogP contribution in [0.2, 0.25) is 0 Å². The van der Waals surface area contributed by atoms with Crippen molar-refractivity contribution in [2.75, 3.05) is 25.6 Å². The summed E-state index contributed by atoms with van der Waals surface area (Å²) in [5.74, 6) is 2.70. The van der Waals surface area contributed by atoms with Crippen molar-refractivity contribution >= 4 is 18.7 Å². The lowest BCUT2D eigenvalue weighted by Gasteiger charge is -2.26. The van der Waals surface area contributed by atoms with Gasteiger partial charge in [-0.3, -0.25) is 0 Å². The van der Waals surface area contributed by atoms with E-state index < -0.39 is 6.89 Å². The second kappa shape index (κ2) is 13.0. The van der Waals surface area contributed by atoms with Gasteiger partial charge in [0.1, 0.15) is 12.4 Å². The maximum atomic E-state index is 12.6.